The Kier molecular flexibility index (Phi) is 4.10. The maximum absolute atomic E-state index is 10.9. The Labute approximate surface area is 98.7 Å². The van der Waals surface area contributed by atoms with Gasteiger partial charge >= 0.3 is 8.80 Å². The maximum atomic E-state index is 10.9. The van der Waals surface area contributed by atoms with Crippen LogP contribution in [-0.2, 0) is 15.5 Å². The summed E-state index contributed by atoms with van der Waals surface area (Å²) < 4.78 is 21.8. The van der Waals surface area contributed by atoms with Crippen LogP contribution >= 0.6 is 10.7 Å². The van der Waals surface area contributed by atoms with Crippen LogP contribution in [0.5, 0.6) is 0 Å². The lowest BCUT2D eigenvalue weighted by Crippen LogP contribution is -2.34. The number of hydrogen-bond acceptors (Lipinski definition) is 5. The summed E-state index contributed by atoms with van der Waals surface area (Å²) in [5.74, 6) is 0. The smallest absolute Gasteiger partial charge is 0.390 e. The average molecular weight is 283 g/mol. The van der Waals surface area contributed by atoms with E-state index in [1.54, 1.807) is 0 Å². The molecule has 1 aromatic carbocycles. The second-order valence-corrected chi connectivity index (χ2v) is 7.97. The molecule has 16 heavy (non-hydrogen) atoms. The van der Waals surface area contributed by atoms with Gasteiger partial charge in [0.15, 0.2) is 0 Å². The van der Waals surface area contributed by atoms with Crippen LogP contribution in [-0.4, -0.2) is 31.6 Å². The first-order valence-electron chi connectivity index (χ1n) is 4.39. The molecule has 0 atom stereocenters. The largest absolute Gasteiger partial charge is 0.493 e. The van der Waals surface area contributed by atoms with Crippen LogP contribution in [0.2, 0.25) is 6.04 Å². The van der Waals surface area contributed by atoms with Crippen LogP contribution in [0.3, 0.4) is 0 Å². The van der Waals surface area contributed by atoms with Crippen molar-refractivity contribution in [1.82, 2.24) is 0 Å². The number of benzene rings is 1. The van der Waals surface area contributed by atoms with Gasteiger partial charge in [0, 0.05) is 16.7 Å². The third kappa shape index (κ3) is 4.60. The summed E-state index contributed by atoms with van der Waals surface area (Å²) in [4.78, 5) is 26.4. The molecule has 0 radical (unpaired) electrons. The molecule has 0 bridgehead atoms. The van der Waals surface area contributed by atoms with Crippen molar-refractivity contribution in [2.24, 2.45) is 0 Å². The van der Waals surface area contributed by atoms with E-state index in [-0.39, 0.29) is 17.4 Å². The zero-order chi connectivity index (χ0) is 12.4. The number of rotatable bonds is 4. The Morgan fingerprint density at radius 3 is 2.00 bits per heavy atom. The minimum Gasteiger partial charge on any atom is -0.390 e. The number of aryl methyl sites for hydroxylation is 1. The zero-order valence-corrected chi connectivity index (χ0v) is 10.7. The van der Waals surface area contributed by atoms with Gasteiger partial charge in [-0.1, -0.05) is 12.1 Å². The fourth-order valence-corrected chi connectivity index (χ4v) is 2.52. The molecule has 0 saturated carbocycles. The number of hydrogen-bond donors (Lipinski definition) is 3. The van der Waals surface area contributed by atoms with Gasteiger partial charge in [-0.2, -0.15) is 0 Å². The molecule has 90 valence electrons. The van der Waals surface area contributed by atoms with E-state index < -0.39 is 17.9 Å². The van der Waals surface area contributed by atoms with E-state index in [1.807, 2.05) is 0 Å². The van der Waals surface area contributed by atoms with Gasteiger partial charge in [-0.25, -0.2) is 8.42 Å². The fourth-order valence-electron chi connectivity index (χ4n) is 1.13. The summed E-state index contributed by atoms with van der Waals surface area (Å²) in [7, 11) is -2.65. The Balaban J connectivity index is 2.73. The highest BCUT2D eigenvalue weighted by Crippen LogP contribution is 2.16. The lowest BCUT2D eigenvalue weighted by atomic mass is 10.2. The first-order chi connectivity index (χ1) is 7.18. The molecule has 0 spiro atoms. The molecule has 0 heterocycles. The van der Waals surface area contributed by atoms with Crippen molar-refractivity contribution in [2.45, 2.75) is 17.4 Å². The normalized spacial score (nSPS) is 12.8. The second-order valence-electron chi connectivity index (χ2n) is 3.36. The minimum atomic E-state index is -4.03. The van der Waals surface area contributed by atoms with E-state index in [0.29, 0.717) is 5.56 Å². The third-order valence-corrected chi connectivity index (χ3v) is 4.24. The van der Waals surface area contributed by atoms with Gasteiger partial charge < -0.3 is 14.4 Å². The highest BCUT2D eigenvalue weighted by Gasteiger charge is 2.25. The molecule has 1 rings (SSSR count). The molecule has 0 aliphatic carbocycles. The van der Waals surface area contributed by atoms with Crippen molar-refractivity contribution in [3.05, 3.63) is 29.8 Å². The van der Waals surface area contributed by atoms with Crippen LogP contribution in [0.4, 0.5) is 0 Å². The molecule has 0 aliphatic heterocycles. The Morgan fingerprint density at radius 1 is 1.12 bits per heavy atom. The molecule has 0 fully saturated rings. The second kappa shape index (κ2) is 4.82. The summed E-state index contributed by atoms with van der Waals surface area (Å²) in [6.45, 7) is 0. The molecule has 5 nitrogen and oxygen atoms in total. The van der Waals surface area contributed by atoms with Gasteiger partial charge in [0.2, 0.25) is 0 Å². The first-order valence-corrected chi connectivity index (χ1v) is 8.75. The van der Waals surface area contributed by atoms with Crippen LogP contribution in [0.25, 0.3) is 0 Å². The molecule has 3 N–H and O–H groups in total. The molecule has 0 aromatic heterocycles. The van der Waals surface area contributed by atoms with E-state index in [4.69, 9.17) is 25.1 Å². The minimum absolute atomic E-state index is 0.0154. The Morgan fingerprint density at radius 2 is 1.62 bits per heavy atom. The van der Waals surface area contributed by atoms with Gasteiger partial charge in [-0.05, 0) is 24.1 Å². The van der Waals surface area contributed by atoms with Crippen molar-refractivity contribution in [3.63, 3.8) is 0 Å². The molecule has 0 aliphatic rings. The third-order valence-electron chi connectivity index (χ3n) is 1.95. The van der Waals surface area contributed by atoms with Crippen LogP contribution in [0, 0.1) is 0 Å². The average Bonchev–Trinajstić information content (AvgIpc) is 2.13. The summed E-state index contributed by atoms with van der Waals surface area (Å²) >= 11 is 0. The van der Waals surface area contributed by atoms with Crippen molar-refractivity contribution >= 4 is 28.5 Å². The lowest BCUT2D eigenvalue weighted by Gasteiger charge is -2.08. The van der Waals surface area contributed by atoms with Gasteiger partial charge in [-0.3, -0.25) is 0 Å². The van der Waals surface area contributed by atoms with Crippen molar-refractivity contribution in [3.8, 4) is 0 Å². The Bertz CT molecular complexity index is 450. The van der Waals surface area contributed by atoms with Gasteiger partial charge in [0.05, 0.1) is 4.90 Å². The van der Waals surface area contributed by atoms with Crippen molar-refractivity contribution in [1.29, 1.82) is 0 Å². The molecule has 0 unspecified atom stereocenters. The van der Waals surface area contributed by atoms with Gasteiger partial charge in [0.1, 0.15) is 0 Å². The molecule has 0 saturated heterocycles. The molecule has 8 heteroatoms. The maximum Gasteiger partial charge on any atom is 0.493 e. The first kappa shape index (κ1) is 13.6. The standard InChI is InChI=1S/C8H11ClO5SSi/c9-15(10,11)8-3-1-7(2-4-8)5-6-16(12,13)14/h1-4,12-14H,5-6H2. The van der Waals surface area contributed by atoms with Gasteiger partial charge in [0.25, 0.3) is 9.05 Å². The van der Waals surface area contributed by atoms with Crippen LogP contribution in [0.1, 0.15) is 5.56 Å². The van der Waals surface area contributed by atoms with E-state index in [0.717, 1.165) is 0 Å². The molecule has 0 amide bonds. The van der Waals surface area contributed by atoms with Crippen molar-refractivity contribution < 1.29 is 22.8 Å². The van der Waals surface area contributed by atoms with Crippen LogP contribution < -0.4 is 0 Å². The SMILES string of the molecule is O=S(=O)(Cl)c1ccc(CC[Si](O)(O)O)cc1. The van der Waals surface area contributed by atoms with E-state index in [1.165, 1.54) is 24.3 Å². The monoisotopic (exact) mass is 282 g/mol. The van der Waals surface area contributed by atoms with E-state index in [9.17, 15) is 8.42 Å². The summed E-state index contributed by atoms with van der Waals surface area (Å²) in [6, 6.07) is 5.55. The highest BCUT2D eigenvalue weighted by atomic mass is 35.7. The number of halogens is 1. The zero-order valence-electron chi connectivity index (χ0n) is 8.17. The highest BCUT2D eigenvalue weighted by molar-refractivity contribution is 8.13. The fraction of sp³-hybridized carbons (Fsp3) is 0.250. The molecular weight excluding hydrogens is 272 g/mol. The predicted octanol–water partition coefficient (Wildman–Crippen LogP) is 0.0724. The summed E-state index contributed by atoms with van der Waals surface area (Å²) in [6.07, 6.45) is 0.262. The quantitative estimate of drug-likeness (QED) is 0.537. The topological polar surface area (TPSA) is 94.8 Å². The molecule has 1 aromatic rings. The predicted molar refractivity (Wildman–Crippen MR) is 60.4 cm³/mol. The lowest BCUT2D eigenvalue weighted by molar-refractivity contribution is 0.228. The van der Waals surface area contributed by atoms with Gasteiger partial charge in [-0.15, -0.1) is 0 Å². The van der Waals surface area contributed by atoms with Crippen LogP contribution in [0.15, 0.2) is 29.2 Å². The molecular formula is C8H11ClO5SSi. The van der Waals surface area contributed by atoms with Crippen molar-refractivity contribution in [2.75, 3.05) is 0 Å². The van der Waals surface area contributed by atoms with E-state index >= 15 is 0 Å². The Hall–Kier alpha value is -0.443. The summed E-state index contributed by atoms with van der Waals surface area (Å²) in [5.41, 5.74) is 0.693. The van der Waals surface area contributed by atoms with E-state index in [2.05, 4.69) is 0 Å². The summed E-state index contributed by atoms with van der Waals surface area (Å²) in [5, 5.41) is 0.